The van der Waals surface area contributed by atoms with Gasteiger partial charge >= 0.3 is 0 Å². The molecule has 0 aromatic carbocycles. The molecule has 5 nitrogen and oxygen atoms in total. The summed E-state index contributed by atoms with van der Waals surface area (Å²) in [6.07, 6.45) is 10.0. The maximum atomic E-state index is 4.14. The third-order valence-corrected chi connectivity index (χ3v) is 3.97. The molecular weight excluding hydrogens is 250 g/mol. The average molecular weight is 273 g/mol. The zero-order chi connectivity index (χ0) is 13.9. The summed E-state index contributed by atoms with van der Waals surface area (Å²) in [5, 5.41) is 11.7. The molecule has 1 fully saturated rings. The van der Waals surface area contributed by atoms with Gasteiger partial charge in [-0.1, -0.05) is 6.92 Å². The molecule has 2 heterocycles. The first-order valence-electron chi connectivity index (χ1n) is 7.50. The van der Waals surface area contributed by atoms with Crippen LogP contribution in [0.1, 0.15) is 43.6 Å². The van der Waals surface area contributed by atoms with E-state index in [1.807, 2.05) is 11.6 Å². The zero-order valence-corrected chi connectivity index (χ0v) is 12.3. The van der Waals surface area contributed by atoms with Gasteiger partial charge in [0.1, 0.15) is 6.33 Å². The van der Waals surface area contributed by atoms with Crippen LogP contribution in [0.15, 0.2) is 24.8 Å². The minimum Gasteiger partial charge on any atom is -0.346 e. The summed E-state index contributed by atoms with van der Waals surface area (Å²) in [6.45, 7) is 4.09. The molecular formula is C15H23N5. The molecule has 20 heavy (non-hydrogen) atoms. The first-order chi connectivity index (χ1) is 9.78. The van der Waals surface area contributed by atoms with Crippen molar-refractivity contribution < 1.29 is 0 Å². The largest absolute Gasteiger partial charge is 0.346 e. The van der Waals surface area contributed by atoms with Gasteiger partial charge in [0.05, 0.1) is 6.54 Å². The van der Waals surface area contributed by atoms with Crippen LogP contribution in [0.5, 0.6) is 0 Å². The van der Waals surface area contributed by atoms with E-state index in [9.17, 15) is 0 Å². The third kappa shape index (κ3) is 2.93. The minimum absolute atomic E-state index is 0.524. The number of rotatable bonds is 7. The lowest BCUT2D eigenvalue weighted by atomic mass is 10.1. The van der Waals surface area contributed by atoms with Gasteiger partial charge in [0.25, 0.3) is 0 Å². The normalized spacial score (nSPS) is 16.5. The van der Waals surface area contributed by atoms with Crippen molar-refractivity contribution >= 4 is 0 Å². The highest BCUT2D eigenvalue weighted by atomic mass is 15.3. The maximum absolute atomic E-state index is 4.14. The van der Waals surface area contributed by atoms with Crippen molar-refractivity contribution in [1.82, 2.24) is 24.6 Å². The average Bonchev–Trinajstić information content (AvgIpc) is 3.05. The molecule has 108 valence electrons. The van der Waals surface area contributed by atoms with Gasteiger partial charge in [0.15, 0.2) is 5.82 Å². The Morgan fingerprint density at radius 3 is 2.95 bits per heavy atom. The van der Waals surface area contributed by atoms with Crippen molar-refractivity contribution in [2.75, 3.05) is 6.54 Å². The zero-order valence-electron chi connectivity index (χ0n) is 12.3. The van der Waals surface area contributed by atoms with Crippen molar-refractivity contribution in [3.05, 3.63) is 36.2 Å². The van der Waals surface area contributed by atoms with Crippen molar-refractivity contribution in [2.24, 2.45) is 13.0 Å². The molecule has 0 aliphatic heterocycles. The molecule has 1 unspecified atom stereocenters. The SMILES string of the molecule is CCCNC(c1ccn(Cc2nncn2C)c1)C1CC1. The summed E-state index contributed by atoms with van der Waals surface area (Å²) in [6, 6.07) is 2.76. The molecule has 3 rings (SSSR count). The Hall–Kier alpha value is -1.62. The van der Waals surface area contributed by atoms with Crippen LogP contribution in [0.3, 0.4) is 0 Å². The fourth-order valence-corrected chi connectivity index (χ4v) is 2.64. The van der Waals surface area contributed by atoms with E-state index in [1.54, 1.807) is 6.33 Å². The van der Waals surface area contributed by atoms with E-state index in [-0.39, 0.29) is 0 Å². The molecule has 1 N–H and O–H groups in total. The Morgan fingerprint density at radius 2 is 2.30 bits per heavy atom. The summed E-state index contributed by atoms with van der Waals surface area (Å²) in [4.78, 5) is 0. The van der Waals surface area contributed by atoms with Gasteiger partial charge < -0.3 is 14.5 Å². The van der Waals surface area contributed by atoms with E-state index in [0.717, 1.165) is 24.8 Å². The molecule has 1 aliphatic rings. The highest BCUT2D eigenvalue weighted by molar-refractivity contribution is 5.19. The van der Waals surface area contributed by atoms with Gasteiger partial charge in [0.2, 0.25) is 0 Å². The van der Waals surface area contributed by atoms with Crippen LogP contribution in [0.25, 0.3) is 0 Å². The Bertz CT molecular complexity index is 552. The Labute approximate surface area is 120 Å². The molecule has 1 aliphatic carbocycles. The van der Waals surface area contributed by atoms with Gasteiger partial charge in [-0.25, -0.2) is 0 Å². The Kier molecular flexibility index (Phi) is 3.87. The summed E-state index contributed by atoms with van der Waals surface area (Å²) in [5.41, 5.74) is 1.41. The molecule has 0 radical (unpaired) electrons. The van der Waals surface area contributed by atoms with Crippen LogP contribution in [-0.2, 0) is 13.6 Å². The number of hydrogen-bond acceptors (Lipinski definition) is 3. The summed E-state index contributed by atoms with van der Waals surface area (Å²) in [7, 11) is 1.98. The lowest BCUT2D eigenvalue weighted by Gasteiger charge is -2.16. The number of aromatic nitrogens is 4. The Morgan fingerprint density at radius 1 is 1.45 bits per heavy atom. The fraction of sp³-hybridized carbons (Fsp3) is 0.600. The van der Waals surface area contributed by atoms with Crippen LogP contribution in [0.2, 0.25) is 0 Å². The van der Waals surface area contributed by atoms with Crippen LogP contribution in [0, 0.1) is 5.92 Å². The second kappa shape index (κ2) is 5.79. The van der Waals surface area contributed by atoms with Gasteiger partial charge in [-0.05, 0) is 43.4 Å². The molecule has 0 amide bonds. The lowest BCUT2D eigenvalue weighted by molar-refractivity contribution is 0.480. The molecule has 2 aromatic rings. The number of nitrogens with one attached hydrogen (secondary N) is 1. The smallest absolute Gasteiger partial charge is 0.152 e. The van der Waals surface area contributed by atoms with Crippen LogP contribution in [-0.4, -0.2) is 25.9 Å². The lowest BCUT2D eigenvalue weighted by Crippen LogP contribution is -2.23. The molecule has 5 heteroatoms. The summed E-state index contributed by atoms with van der Waals surface area (Å²) < 4.78 is 4.16. The maximum Gasteiger partial charge on any atom is 0.152 e. The summed E-state index contributed by atoms with van der Waals surface area (Å²) in [5.74, 6) is 1.81. The van der Waals surface area contributed by atoms with Crippen molar-refractivity contribution in [1.29, 1.82) is 0 Å². The van der Waals surface area contributed by atoms with E-state index in [2.05, 4.69) is 45.5 Å². The minimum atomic E-state index is 0.524. The number of hydrogen-bond donors (Lipinski definition) is 1. The quantitative estimate of drug-likeness (QED) is 0.840. The molecule has 1 saturated carbocycles. The summed E-state index contributed by atoms with van der Waals surface area (Å²) >= 11 is 0. The van der Waals surface area contributed by atoms with Crippen LogP contribution < -0.4 is 5.32 Å². The monoisotopic (exact) mass is 273 g/mol. The number of nitrogens with zero attached hydrogens (tertiary/aromatic N) is 4. The highest BCUT2D eigenvalue weighted by Gasteiger charge is 2.32. The first-order valence-corrected chi connectivity index (χ1v) is 7.50. The highest BCUT2D eigenvalue weighted by Crippen LogP contribution is 2.41. The van der Waals surface area contributed by atoms with Gasteiger partial charge in [-0.15, -0.1) is 10.2 Å². The van der Waals surface area contributed by atoms with Crippen molar-refractivity contribution in [3.63, 3.8) is 0 Å². The van der Waals surface area contributed by atoms with Gasteiger partial charge in [-0.3, -0.25) is 0 Å². The topological polar surface area (TPSA) is 47.7 Å². The van der Waals surface area contributed by atoms with E-state index >= 15 is 0 Å². The molecule has 0 saturated heterocycles. The van der Waals surface area contributed by atoms with Crippen LogP contribution >= 0.6 is 0 Å². The van der Waals surface area contributed by atoms with E-state index < -0.39 is 0 Å². The first kappa shape index (κ1) is 13.4. The second-order valence-electron chi connectivity index (χ2n) is 5.74. The molecule has 2 aromatic heterocycles. The van der Waals surface area contributed by atoms with Crippen molar-refractivity contribution in [2.45, 2.75) is 38.8 Å². The van der Waals surface area contributed by atoms with Crippen molar-refractivity contribution in [3.8, 4) is 0 Å². The Balaban J connectivity index is 1.70. The molecule has 1 atom stereocenters. The van der Waals surface area contributed by atoms with Gasteiger partial charge in [0, 0.05) is 25.5 Å². The molecule has 0 spiro atoms. The van der Waals surface area contributed by atoms with E-state index in [4.69, 9.17) is 0 Å². The second-order valence-corrected chi connectivity index (χ2v) is 5.74. The fourth-order valence-electron chi connectivity index (χ4n) is 2.64. The third-order valence-electron chi connectivity index (χ3n) is 3.97. The van der Waals surface area contributed by atoms with E-state index in [1.165, 1.54) is 24.8 Å². The van der Waals surface area contributed by atoms with E-state index in [0.29, 0.717) is 6.04 Å². The van der Waals surface area contributed by atoms with Gasteiger partial charge in [-0.2, -0.15) is 0 Å². The molecule has 0 bridgehead atoms. The predicted molar refractivity (Wildman–Crippen MR) is 78.3 cm³/mol. The number of aryl methyl sites for hydroxylation is 1. The standard InChI is InChI=1S/C15H23N5/c1-3-7-16-15(12-4-5-12)13-6-8-20(9-13)10-14-18-17-11-19(14)2/h6,8-9,11-12,15-16H,3-5,7,10H2,1-2H3. The van der Waals surface area contributed by atoms with Crippen LogP contribution in [0.4, 0.5) is 0 Å². The predicted octanol–water partition coefficient (Wildman–Crippen LogP) is 2.12.